The van der Waals surface area contributed by atoms with E-state index in [0.717, 1.165) is 6.07 Å². The number of nitrogen functional groups attached to an aromatic ring is 1. The number of fused-ring (bicyclic) bond motifs is 1. The lowest BCUT2D eigenvalue weighted by Gasteiger charge is -2.24. The number of alkyl halides is 1. The molecular weight excluding hydrogens is 452 g/mol. The molecule has 1 aromatic heterocycles. The van der Waals surface area contributed by atoms with E-state index < -0.39 is 40.9 Å². The van der Waals surface area contributed by atoms with Crippen molar-refractivity contribution in [3.63, 3.8) is 0 Å². The lowest BCUT2D eigenvalue weighted by Crippen LogP contribution is -2.44. The van der Waals surface area contributed by atoms with Crippen LogP contribution in [0.15, 0.2) is 15.7 Å². The number of alkyl carbamates (subject to hydrolysis) is 1. The molecule has 1 saturated heterocycles. The molecule has 1 aliphatic carbocycles. The Hall–Kier alpha value is -3.31. The van der Waals surface area contributed by atoms with Gasteiger partial charge in [-0.15, -0.1) is 0 Å². The van der Waals surface area contributed by atoms with E-state index in [2.05, 4.69) is 5.32 Å². The number of ether oxygens (including phenoxy) is 2. The molecule has 2 aliphatic rings. The fourth-order valence-corrected chi connectivity index (χ4v) is 4.33. The Bertz CT molecular complexity index is 1250. The molecule has 0 spiro atoms. The third kappa shape index (κ3) is 4.28. The van der Waals surface area contributed by atoms with Crippen molar-refractivity contribution in [3.8, 4) is 5.75 Å². The molecule has 2 fully saturated rings. The molecule has 10 nitrogen and oxygen atoms in total. The summed E-state index contributed by atoms with van der Waals surface area (Å²) in [6.45, 7) is 5.08. The highest BCUT2D eigenvalue weighted by molar-refractivity contribution is 5.91. The van der Waals surface area contributed by atoms with Crippen molar-refractivity contribution in [2.45, 2.75) is 51.4 Å². The summed E-state index contributed by atoms with van der Waals surface area (Å²) in [5.41, 5.74) is -2.16. The van der Waals surface area contributed by atoms with Crippen LogP contribution >= 0.6 is 0 Å². The van der Waals surface area contributed by atoms with Gasteiger partial charge in [-0.25, -0.2) is 18.4 Å². The van der Waals surface area contributed by atoms with Crippen LogP contribution in [0.4, 0.5) is 19.3 Å². The van der Waals surface area contributed by atoms with Crippen molar-refractivity contribution in [1.82, 2.24) is 14.6 Å². The molecule has 0 unspecified atom stereocenters. The summed E-state index contributed by atoms with van der Waals surface area (Å²) in [4.78, 5) is 38.8. The first-order valence-corrected chi connectivity index (χ1v) is 11.1. The molecule has 1 amide bonds. The highest BCUT2D eigenvalue weighted by Gasteiger charge is 2.38. The van der Waals surface area contributed by atoms with Crippen LogP contribution in [-0.4, -0.2) is 53.9 Å². The molecule has 12 heteroatoms. The number of anilines is 1. The van der Waals surface area contributed by atoms with E-state index in [4.69, 9.17) is 15.3 Å². The molecule has 2 aromatic rings. The first kappa shape index (κ1) is 23.8. The van der Waals surface area contributed by atoms with Crippen molar-refractivity contribution < 1.29 is 23.0 Å². The van der Waals surface area contributed by atoms with Gasteiger partial charge in [-0.2, -0.15) is 4.68 Å². The standard InChI is InChI=1S/C22H29F2N5O5/c1-22(2,3)34-20(31)26-8-11-9-27(10-15(11)24)17-14(23)7-13-16(18(17)33-4)28(12-5-6-12)21(32)29(25)19(13)30/h7,11-12,15H,5-6,8-10,25H2,1-4H3,(H,26,31)/t11-,15-/m0/s1. The number of aromatic nitrogens is 2. The van der Waals surface area contributed by atoms with Crippen LogP contribution in [0, 0.1) is 11.7 Å². The van der Waals surface area contributed by atoms with Crippen LogP contribution in [0.3, 0.4) is 0 Å². The number of methoxy groups -OCH3 is 1. The molecule has 0 bridgehead atoms. The number of hydrogen-bond acceptors (Lipinski definition) is 7. The number of nitrogens with two attached hydrogens (primary N) is 1. The Morgan fingerprint density at radius 3 is 2.53 bits per heavy atom. The molecule has 1 aromatic carbocycles. The maximum absolute atomic E-state index is 15.3. The number of hydrogen-bond donors (Lipinski definition) is 2. The van der Waals surface area contributed by atoms with Crippen molar-refractivity contribution in [2.24, 2.45) is 5.92 Å². The number of amides is 1. The van der Waals surface area contributed by atoms with Gasteiger partial charge in [-0.05, 0) is 39.7 Å². The molecule has 4 rings (SSSR count). The number of halogens is 2. The fourth-order valence-electron chi connectivity index (χ4n) is 4.33. The fraction of sp³-hybridized carbons (Fsp3) is 0.591. The summed E-state index contributed by atoms with van der Waals surface area (Å²) < 4.78 is 42.7. The number of rotatable bonds is 5. The van der Waals surface area contributed by atoms with E-state index in [1.54, 1.807) is 20.8 Å². The van der Waals surface area contributed by atoms with Gasteiger partial charge in [0.05, 0.1) is 12.5 Å². The number of nitrogens with zero attached hydrogens (tertiary/aromatic N) is 3. The zero-order valence-corrected chi connectivity index (χ0v) is 19.6. The first-order valence-electron chi connectivity index (χ1n) is 11.1. The molecule has 1 aliphatic heterocycles. The van der Waals surface area contributed by atoms with Gasteiger partial charge in [0.15, 0.2) is 11.6 Å². The Balaban J connectivity index is 1.70. The smallest absolute Gasteiger partial charge is 0.407 e. The van der Waals surface area contributed by atoms with Gasteiger partial charge in [0, 0.05) is 31.6 Å². The Labute approximate surface area is 194 Å². The molecular formula is C22H29F2N5O5. The number of carbonyl (C=O) groups excluding carboxylic acids is 1. The zero-order chi connectivity index (χ0) is 24.9. The third-order valence-corrected chi connectivity index (χ3v) is 5.99. The summed E-state index contributed by atoms with van der Waals surface area (Å²) in [5.74, 6) is 4.20. The normalized spacial score (nSPS) is 20.6. The van der Waals surface area contributed by atoms with Gasteiger partial charge in [-0.3, -0.25) is 9.36 Å². The summed E-state index contributed by atoms with van der Waals surface area (Å²) in [6.07, 6.45) is -0.619. The minimum atomic E-state index is -1.36. The molecule has 34 heavy (non-hydrogen) atoms. The van der Waals surface area contributed by atoms with E-state index >= 15 is 4.39 Å². The van der Waals surface area contributed by atoms with Crippen LogP contribution in [0.1, 0.15) is 39.7 Å². The highest BCUT2D eigenvalue weighted by atomic mass is 19.1. The number of carbonyl (C=O) groups is 1. The predicted molar refractivity (Wildman–Crippen MR) is 122 cm³/mol. The largest absolute Gasteiger partial charge is 0.492 e. The van der Waals surface area contributed by atoms with Crippen molar-refractivity contribution in [1.29, 1.82) is 0 Å². The van der Waals surface area contributed by atoms with Gasteiger partial charge in [0.25, 0.3) is 5.56 Å². The van der Waals surface area contributed by atoms with E-state index in [1.165, 1.54) is 16.6 Å². The number of benzene rings is 1. The van der Waals surface area contributed by atoms with Gasteiger partial charge in [0.1, 0.15) is 23.0 Å². The second-order valence-electron chi connectivity index (χ2n) is 9.76. The first-order chi connectivity index (χ1) is 15.9. The summed E-state index contributed by atoms with van der Waals surface area (Å²) in [7, 11) is 1.30. The van der Waals surface area contributed by atoms with Crippen LogP contribution in [0.5, 0.6) is 5.75 Å². The Kier molecular flexibility index (Phi) is 5.94. The van der Waals surface area contributed by atoms with Gasteiger partial charge < -0.3 is 25.5 Å². The second-order valence-corrected chi connectivity index (χ2v) is 9.76. The molecule has 3 N–H and O–H groups in total. The van der Waals surface area contributed by atoms with Crippen molar-refractivity contribution in [2.75, 3.05) is 37.5 Å². The molecule has 2 atom stereocenters. The lowest BCUT2D eigenvalue weighted by molar-refractivity contribution is 0.0515. The van der Waals surface area contributed by atoms with E-state index in [0.29, 0.717) is 17.5 Å². The molecule has 0 radical (unpaired) electrons. The van der Waals surface area contributed by atoms with Gasteiger partial charge in [0.2, 0.25) is 0 Å². The molecule has 1 saturated carbocycles. The minimum absolute atomic E-state index is 0.00520. The van der Waals surface area contributed by atoms with Gasteiger partial charge in [-0.1, -0.05) is 0 Å². The Morgan fingerprint density at radius 2 is 1.94 bits per heavy atom. The summed E-state index contributed by atoms with van der Waals surface area (Å²) >= 11 is 0. The lowest BCUT2D eigenvalue weighted by atomic mass is 10.1. The monoisotopic (exact) mass is 481 g/mol. The molecule has 186 valence electrons. The average Bonchev–Trinajstić information content (AvgIpc) is 3.51. The second kappa shape index (κ2) is 8.48. The summed E-state index contributed by atoms with van der Waals surface area (Å²) in [5, 5.41) is 2.46. The minimum Gasteiger partial charge on any atom is -0.492 e. The average molecular weight is 482 g/mol. The highest BCUT2D eigenvalue weighted by Crippen LogP contribution is 2.43. The van der Waals surface area contributed by atoms with Crippen LogP contribution in [0.2, 0.25) is 0 Å². The summed E-state index contributed by atoms with van der Waals surface area (Å²) in [6, 6.07) is 0.826. The zero-order valence-electron chi connectivity index (χ0n) is 19.6. The van der Waals surface area contributed by atoms with Crippen LogP contribution < -0.4 is 32.0 Å². The predicted octanol–water partition coefficient (Wildman–Crippen LogP) is 1.66. The van der Waals surface area contributed by atoms with Crippen LogP contribution in [0.25, 0.3) is 10.9 Å². The van der Waals surface area contributed by atoms with Gasteiger partial charge >= 0.3 is 11.8 Å². The maximum Gasteiger partial charge on any atom is 0.407 e. The number of nitrogens with one attached hydrogen (secondary N) is 1. The Morgan fingerprint density at radius 1 is 1.26 bits per heavy atom. The van der Waals surface area contributed by atoms with Crippen molar-refractivity contribution >= 4 is 22.7 Å². The maximum atomic E-state index is 15.3. The third-order valence-electron chi connectivity index (χ3n) is 5.99. The van der Waals surface area contributed by atoms with E-state index in [1.807, 2.05) is 0 Å². The van der Waals surface area contributed by atoms with E-state index in [9.17, 15) is 18.8 Å². The topological polar surface area (TPSA) is 121 Å². The van der Waals surface area contributed by atoms with E-state index in [-0.39, 0.29) is 48.0 Å². The quantitative estimate of drug-likeness (QED) is 0.623. The van der Waals surface area contributed by atoms with Crippen LogP contribution in [-0.2, 0) is 4.74 Å². The SMILES string of the molecule is COc1c(N2C[C@H](CNC(=O)OC(C)(C)C)[C@@H](F)C2)c(F)cc2c(=O)n(N)c(=O)n(C3CC3)c12. The van der Waals surface area contributed by atoms with Crippen molar-refractivity contribution in [3.05, 3.63) is 32.7 Å². The molecule has 2 heterocycles.